The van der Waals surface area contributed by atoms with E-state index >= 15 is 0 Å². The number of hydrogen-bond acceptors (Lipinski definition) is 5. The molecule has 6 nitrogen and oxygen atoms in total. The summed E-state index contributed by atoms with van der Waals surface area (Å²) in [4.78, 5) is 26.0. The van der Waals surface area contributed by atoms with Crippen LogP contribution in [0.2, 0.25) is 0 Å². The van der Waals surface area contributed by atoms with E-state index in [9.17, 15) is 14.7 Å². The van der Waals surface area contributed by atoms with Crippen molar-refractivity contribution in [1.29, 1.82) is 0 Å². The van der Waals surface area contributed by atoms with Gasteiger partial charge < -0.3 is 19.9 Å². The van der Waals surface area contributed by atoms with E-state index in [2.05, 4.69) is 5.32 Å². The number of methoxy groups -OCH3 is 1. The zero-order valence-corrected chi connectivity index (χ0v) is 19.5. The fraction of sp³-hybridized carbons (Fsp3) is 0.0667. The second kappa shape index (κ2) is 9.80. The number of phenols is 1. The second-order valence-corrected chi connectivity index (χ2v) is 8.32. The van der Waals surface area contributed by atoms with E-state index in [-0.39, 0.29) is 17.4 Å². The molecule has 1 unspecified atom stereocenters. The summed E-state index contributed by atoms with van der Waals surface area (Å²) in [5, 5.41) is 12.8. The van der Waals surface area contributed by atoms with E-state index in [1.807, 2.05) is 54.6 Å². The van der Waals surface area contributed by atoms with Gasteiger partial charge in [-0.05, 0) is 71.8 Å². The summed E-state index contributed by atoms with van der Waals surface area (Å²) in [5.41, 5.74) is 3.48. The number of aromatic hydroxyl groups is 1. The van der Waals surface area contributed by atoms with Crippen LogP contribution in [0.4, 0.5) is 5.69 Å². The zero-order valence-electron chi connectivity index (χ0n) is 19.5. The van der Waals surface area contributed by atoms with E-state index in [1.165, 1.54) is 12.1 Å². The molecule has 178 valence electrons. The van der Waals surface area contributed by atoms with Gasteiger partial charge >= 0.3 is 0 Å². The molecule has 2 N–H and O–H groups in total. The molecule has 1 amide bonds. The van der Waals surface area contributed by atoms with E-state index in [1.54, 1.807) is 43.5 Å². The first-order valence-electron chi connectivity index (χ1n) is 11.4. The average molecular weight is 478 g/mol. The van der Waals surface area contributed by atoms with Gasteiger partial charge in [0.05, 0.1) is 12.7 Å². The number of nitrogens with one attached hydrogen (secondary N) is 1. The normalized spacial score (nSPS) is 15.6. The van der Waals surface area contributed by atoms with Crippen molar-refractivity contribution in [1.82, 2.24) is 0 Å². The lowest BCUT2D eigenvalue weighted by Gasteiger charge is -2.28. The van der Waals surface area contributed by atoms with E-state index < -0.39 is 6.10 Å². The molecule has 0 spiro atoms. The monoisotopic (exact) mass is 477 g/mol. The number of phenolic OH excluding ortho intramolecular Hbond substituents is 1. The predicted octanol–water partition coefficient (Wildman–Crippen LogP) is 6.05. The van der Waals surface area contributed by atoms with Crippen molar-refractivity contribution in [2.45, 2.75) is 6.10 Å². The minimum absolute atomic E-state index is 0.00791. The maximum absolute atomic E-state index is 13.5. The van der Waals surface area contributed by atoms with Gasteiger partial charge in [0.15, 0.2) is 11.9 Å². The summed E-state index contributed by atoms with van der Waals surface area (Å²) >= 11 is 0. The van der Waals surface area contributed by atoms with Crippen molar-refractivity contribution in [3.8, 4) is 17.2 Å². The summed E-state index contributed by atoms with van der Waals surface area (Å²) in [7, 11) is 1.59. The van der Waals surface area contributed by atoms with Crippen LogP contribution >= 0.6 is 0 Å². The van der Waals surface area contributed by atoms with Crippen LogP contribution in [0.1, 0.15) is 37.9 Å². The predicted molar refractivity (Wildman–Crippen MR) is 138 cm³/mol. The molecular formula is C30H23NO5. The number of rotatable bonds is 5. The Bertz CT molecular complexity index is 1440. The summed E-state index contributed by atoms with van der Waals surface area (Å²) in [6, 6.07) is 28.0. The van der Waals surface area contributed by atoms with Crippen LogP contribution in [0.5, 0.6) is 17.2 Å². The van der Waals surface area contributed by atoms with Crippen molar-refractivity contribution >= 4 is 23.5 Å². The molecule has 5 rings (SSSR count). The van der Waals surface area contributed by atoms with Gasteiger partial charge in [0.2, 0.25) is 0 Å². The lowest BCUT2D eigenvalue weighted by Crippen LogP contribution is -2.23. The van der Waals surface area contributed by atoms with Crippen molar-refractivity contribution in [2.75, 3.05) is 12.4 Å². The van der Waals surface area contributed by atoms with Crippen molar-refractivity contribution < 1.29 is 24.2 Å². The molecule has 1 aliphatic rings. The topological polar surface area (TPSA) is 84.9 Å². The fourth-order valence-electron chi connectivity index (χ4n) is 4.07. The van der Waals surface area contributed by atoms with Crippen LogP contribution in [0.15, 0.2) is 103 Å². The molecule has 6 heteroatoms. The first-order chi connectivity index (χ1) is 17.5. The molecule has 1 atom stereocenters. The van der Waals surface area contributed by atoms with Gasteiger partial charge in [-0.25, -0.2) is 0 Å². The number of amides is 1. The van der Waals surface area contributed by atoms with Gasteiger partial charge in [0.25, 0.3) is 5.91 Å². The number of carbonyl (C=O) groups excluding carboxylic acids is 2. The average Bonchev–Trinajstić information content (AvgIpc) is 2.92. The zero-order chi connectivity index (χ0) is 25.1. The van der Waals surface area contributed by atoms with Crippen LogP contribution in [-0.4, -0.2) is 23.9 Å². The Morgan fingerprint density at radius 3 is 2.36 bits per heavy atom. The molecule has 0 aliphatic carbocycles. The molecule has 4 aromatic carbocycles. The van der Waals surface area contributed by atoms with Crippen molar-refractivity contribution in [3.63, 3.8) is 0 Å². The molecule has 0 saturated carbocycles. The van der Waals surface area contributed by atoms with E-state index in [0.717, 1.165) is 11.1 Å². The largest absolute Gasteiger partial charge is 0.508 e. The minimum atomic E-state index is -0.671. The number of ketones is 1. The Morgan fingerprint density at radius 1 is 0.944 bits per heavy atom. The van der Waals surface area contributed by atoms with Gasteiger partial charge in [-0.3, -0.25) is 9.59 Å². The standard InChI is InChI=1S/C30H23NO5/c1-35-24-14-7-19(8-15-24)17-26-28(33)25-18-23(32)13-16-27(25)36-29(26)20-9-11-22(12-10-20)31-30(34)21-5-3-2-4-6-21/h2-18,29,32H,1H3,(H,31,34). The van der Waals surface area contributed by atoms with E-state index in [4.69, 9.17) is 9.47 Å². The molecule has 36 heavy (non-hydrogen) atoms. The number of carbonyl (C=O) groups is 2. The Morgan fingerprint density at radius 2 is 1.67 bits per heavy atom. The Kier molecular flexibility index (Phi) is 6.24. The summed E-state index contributed by atoms with van der Waals surface area (Å²) in [6.45, 7) is 0. The third-order valence-electron chi connectivity index (χ3n) is 5.94. The fourth-order valence-corrected chi connectivity index (χ4v) is 4.07. The maximum atomic E-state index is 13.5. The maximum Gasteiger partial charge on any atom is 0.255 e. The Labute approximate surface area is 208 Å². The highest BCUT2D eigenvalue weighted by Crippen LogP contribution is 2.40. The molecule has 1 heterocycles. The highest BCUT2D eigenvalue weighted by Gasteiger charge is 2.33. The molecule has 4 aromatic rings. The molecule has 0 radical (unpaired) electrons. The number of benzene rings is 4. The van der Waals surface area contributed by atoms with Crippen LogP contribution in [0, 0.1) is 0 Å². The number of anilines is 1. The van der Waals surface area contributed by atoms with Crippen LogP contribution < -0.4 is 14.8 Å². The molecular weight excluding hydrogens is 454 g/mol. The summed E-state index contributed by atoms with van der Waals surface area (Å²) < 4.78 is 11.5. The molecule has 0 bridgehead atoms. The number of fused-ring (bicyclic) bond motifs is 1. The van der Waals surface area contributed by atoms with Gasteiger partial charge in [-0.15, -0.1) is 0 Å². The molecule has 0 aromatic heterocycles. The molecule has 0 fully saturated rings. The Hall–Kier alpha value is -4.84. The smallest absolute Gasteiger partial charge is 0.255 e. The summed E-state index contributed by atoms with van der Waals surface area (Å²) in [6.07, 6.45) is 1.11. The van der Waals surface area contributed by atoms with Gasteiger partial charge in [0.1, 0.15) is 17.2 Å². The SMILES string of the molecule is COc1ccc(C=C2C(=O)c3cc(O)ccc3OC2c2ccc(NC(=O)c3ccccc3)cc2)cc1. The van der Waals surface area contributed by atoms with Crippen LogP contribution in [0.3, 0.4) is 0 Å². The number of ether oxygens (including phenoxy) is 2. The van der Waals surface area contributed by atoms with Crippen molar-refractivity contribution in [2.24, 2.45) is 0 Å². The third kappa shape index (κ3) is 4.70. The highest BCUT2D eigenvalue weighted by atomic mass is 16.5. The first kappa shape index (κ1) is 22.9. The van der Waals surface area contributed by atoms with Gasteiger partial charge in [-0.1, -0.05) is 42.5 Å². The first-order valence-corrected chi connectivity index (χ1v) is 11.4. The number of hydrogen-bond donors (Lipinski definition) is 2. The minimum Gasteiger partial charge on any atom is -0.508 e. The van der Waals surface area contributed by atoms with Crippen LogP contribution in [0.25, 0.3) is 6.08 Å². The third-order valence-corrected chi connectivity index (χ3v) is 5.94. The van der Waals surface area contributed by atoms with Gasteiger partial charge in [0, 0.05) is 16.8 Å². The van der Waals surface area contributed by atoms with E-state index in [0.29, 0.717) is 33.9 Å². The van der Waals surface area contributed by atoms with Crippen LogP contribution in [-0.2, 0) is 0 Å². The molecule has 0 saturated heterocycles. The van der Waals surface area contributed by atoms with Crippen molar-refractivity contribution in [3.05, 3.63) is 125 Å². The second-order valence-electron chi connectivity index (χ2n) is 8.32. The Balaban J connectivity index is 1.48. The lowest BCUT2D eigenvalue weighted by atomic mass is 9.89. The number of Topliss-reactive ketones (excluding diaryl/α,β-unsaturated/α-hetero) is 1. The highest BCUT2D eigenvalue weighted by molar-refractivity contribution is 6.15. The molecule has 1 aliphatic heterocycles. The summed E-state index contributed by atoms with van der Waals surface area (Å²) in [5.74, 6) is 0.668. The lowest BCUT2D eigenvalue weighted by molar-refractivity contribution is 0.0962. The van der Waals surface area contributed by atoms with Gasteiger partial charge in [-0.2, -0.15) is 0 Å². The quantitative estimate of drug-likeness (QED) is 0.342.